The van der Waals surface area contributed by atoms with Gasteiger partial charge in [0.25, 0.3) is 0 Å². The first kappa shape index (κ1) is 24.2. The molecule has 0 spiro atoms. The minimum atomic E-state index is -5.13. The Morgan fingerprint density at radius 2 is 1.42 bits per heavy atom. The van der Waals surface area contributed by atoms with Crippen LogP contribution in [0.15, 0.2) is 42.5 Å². The van der Waals surface area contributed by atoms with Gasteiger partial charge in [-0.25, -0.2) is 0 Å². The first-order chi connectivity index (χ1) is 14.7. The Bertz CT molecular complexity index is 910. The number of amides is 1. The van der Waals surface area contributed by atoms with Crippen LogP contribution in [0.5, 0.6) is 11.5 Å². The van der Waals surface area contributed by atoms with Gasteiger partial charge in [0.15, 0.2) is 12.1 Å². The Morgan fingerprint density at radius 1 is 0.871 bits per heavy atom. The van der Waals surface area contributed by atoms with Crippen molar-refractivity contribution < 1.29 is 41.7 Å². The van der Waals surface area contributed by atoms with Crippen LogP contribution in [0.25, 0.3) is 0 Å². The number of carbonyl (C=O) groups excluding carboxylic acids is 2. The van der Waals surface area contributed by atoms with Gasteiger partial charge in [0.1, 0.15) is 17.4 Å². The zero-order valence-electron chi connectivity index (χ0n) is 17.3. The number of carbonyl (C=O) groups is 2. The minimum Gasteiger partial charge on any atom is -0.497 e. The van der Waals surface area contributed by atoms with Gasteiger partial charge in [-0.05, 0) is 35.9 Å². The van der Waals surface area contributed by atoms with Crippen LogP contribution in [0.4, 0.5) is 18.9 Å². The number of rotatable bonds is 9. The predicted molar refractivity (Wildman–Crippen MR) is 106 cm³/mol. The highest BCUT2D eigenvalue weighted by molar-refractivity contribution is 6.03. The van der Waals surface area contributed by atoms with Gasteiger partial charge in [-0.2, -0.15) is 13.2 Å². The van der Waals surface area contributed by atoms with Gasteiger partial charge in [-0.15, -0.1) is 0 Å². The lowest BCUT2D eigenvalue weighted by Crippen LogP contribution is -2.33. The van der Waals surface area contributed by atoms with Crippen molar-refractivity contribution >= 4 is 17.4 Å². The van der Waals surface area contributed by atoms with Crippen molar-refractivity contribution in [3.8, 4) is 11.5 Å². The molecular formula is C21H22F3NO6. The number of methoxy groups -OCH3 is 4. The maximum absolute atomic E-state index is 13.3. The normalized spacial score (nSPS) is 12.4. The van der Waals surface area contributed by atoms with E-state index >= 15 is 0 Å². The highest BCUT2D eigenvalue weighted by Crippen LogP contribution is 2.35. The smallest absolute Gasteiger partial charge is 0.471 e. The minimum absolute atomic E-state index is 0.0629. The largest absolute Gasteiger partial charge is 0.497 e. The molecule has 2 aromatic rings. The molecule has 0 aliphatic carbocycles. The number of benzene rings is 2. The Labute approximate surface area is 177 Å². The van der Waals surface area contributed by atoms with Crippen molar-refractivity contribution in [1.29, 1.82) is 0 Å². The average molecular weight is 441 g/mol. The molecule has 2 rings (SSSR count). The number of ketones is 1. The SMILES string of the molecule is COc1ccc(C(=O)C(c2ccc(OC)cc2NC(=O)C(F)(F)F)C(OC)OC)cc1. The fourth-order valence-electron chi connectivity index (χ4n) is 2.95. The second-order valence-corrected chi connectivity index (χ2v) is 6.32. The summed E-state index contributed by atoms with van der Waals surface area (Å²) in [5.41, 5.74) is 0.0503. The molecule has 1 N–H and O–H groups in total. The molecule has 0 aliphatic rings. The number of nitrogens with one attached hydrogen (secondary N) is 1. The number of halogens is 3. The van der Waals surface area contributed by atoms with Crippen molar-refractivity contribution in [2.24, 2.45) is 0 Å². The first-order valence-corrected chi connectivity index (χ1v) is 8.96. The second kappa shape index (κ2) is 10.3. The number of hydrogen-bond acceptors (Lipinski definition) is 6. The zero-order chi connectivity index (χ0) is 23.2. The summed E-state index contributed by atoms with van der Waals surface area (Å²) in [6, 6.07) is 10.2. The molecule has 0 saturated carbocycles. The number of hydrogen-bond donors (Lipinski definition) is 1. The second-order valence-electron chi connectivity index (χ2n) is 6.32. The fraction of sp³-hybridized carbons (Fsp3) is 0.333. The van der Waals surface area contributed by atoms with Crippen molar-refractivity contribution in [3.63, 3.8) is 0 Å². The van der Waals surface area contributed by atoms with Crippen LogP contribution in [-0.2, 0) is 14.3 Å². The molecule has 1 unspecified atom stereocenters. The molecule has 0 saturated heterocycles. The number of ether oxygens (including phenoxy) is 4. The molecule has 0 aliphatic heterocycles. The van der Waals surface area contributed by atoms with Crippen molar-refractivity contribution in [1.82, 2.24) is 0 Å². The van der Waals surface area contributed by atoms with Crippen LogP contribution >= 0.6 is 0 Å². The van der Waals surface area contributed by atoms with E-state index in [1.54, 1.807) is 17.4 Å². The summed E-state index contributed by atoms with van der Waals surface area (Å²) in [5, 5.41) is 1.81. The third kappa shape index (κ3) is 5.74. The van der Waals surface area contributed by atoms with E-state index < -0.39 is 30.1 Å². The van der Waals surface area contributed by atoms with Gasteiger partial charge in [-0.1, -0.05) is 6.07 Å². The van der Waals surface area contributed by atoms with Crippen LogP contribution in [0.2, 0.25) is 0 Å². The average Bonchev–Trinajstić information content (AvgIpc) is 2.76. The van der Waals surface area contributed by atoms with E-state index in [4.69, 9.17) is 18.9 Å². The summed E-state index contributed by atoms with van der Waals surface area (Å²) < 4.78 is 59.2. The van der Waals surface area contributed by atoms with Crippen LogP contribution in [-0.4, -0.2) is 52.6 Å². The lowest BCUT2D eigenvalue weighted by molar-refractivity contribution is -0.167. The summed E-state index contributed by atoms with van der Waals surface area (Å²) in [6.45, 7) is 0. The Kier molecular flexibility index (Phi) is 8.01. The van der Waals surface area contributed by atoms with E-state index in [1.165, 1.54) is 58.8 Å². The Balaban J connectivity index is 2.59. The molecule has 168 valence electrons. The Hall–Kier alpha value is -3.11. The van der Waals surface area contributed by atoms with Crippen LogP contribution in [0, 0.1) is 0 Å². The van der Waals surface area contributed by atoms with E-state index in [9.17, 15) is 22.8 Å². The standard InChI is InChI=1S/C21H22F3NO6/c1-28-13-7-5-12(6-8-13)18(26)17(19(30-3)31-4)15-10-9-14(29-2)11-16(15)25-20(27)21(22,23)24/h5-11,17,19H,1-4H3,(H,25,27). The topological polar surface area (TPSA) is 83.1 Å². The molecule has 7 nitrogen and oxygen atoms in total. The summed E-state index contributed by atoms with van der Waals surface area (Å²) in [4.78, 5) is 24.9. The van der Waals surface area contributed by atoms with E-state index in [0.717, 1.165) is 0 Å². The predicted octanol–water partition coefficient (Wildman–Crippen LogP) is 3.79. The number of alkyl halides is 3. The van der Waals surface area contributed by atoms with Crippen LogP contribution < -0.4 is 14.8 Å². The molecule has 2 aromatic carbocycles. The molecule has 0 heterocycles. The molecule has 0 bridgehead atoms. The lowest BCUT2D eigenvalue weighted by Gasteiger charge is -2.26. The molecular weight excluding hydrogens is 419 g/mol. The molecule has 0 aromatic heterocycles. The van der Waals surface area contributed by atoms with Crippen molar-refractivity contribution in [2.75, 3.05) is 33.8 Å². The van der Waals surface area contributed by atoms with Gasteiger partial charge in [0.2, 0.25) is 0 Å². The summed E-state index contributed by atoms with van der Waals surface area (Å²) >= 11 is 0. The lowest BCUT2D eigenvalue weighted by atomic mass is 9.88. The van der Waals surface area contributed by atoms with E-state index in [0.29, 0.717) is 5.75 Å². The highest BCUT2D eigenvalue weighted by atomic mass is 19.4. The van der Waals surface area contributed by atoms with Gasteiger partial charge < -0.3 is 24.3 Å². The molecule has 0 radical (unpaired) electrons. The van der Waals surface area contributed by atoms with Gasteiger partial charge in [0.05, 0.1) is 14.2 Å². The number of anilines is 1. The fourth-order valence-corrected chi connectivity index (χ4v) is 2.95. The maximum Gasteiger partial charge on any atom is 0.471 e. The highest BCUT2D eigenvalue weighted by Gasteiger charge is 2.40. The zero-order valence-corrected chi connectivity index (χ0v) is 17.3. The van der Waals surface area contributed by atoms with Crippen molar-refractivity contribution in [3.05, 3.63) is 53.6 Å². The quantitative estimate of drug-likeness (QED) is 0.471. The third-order valence-corrected chi connectivity index (χ3v) is 4.49. The molecule has 0 fully saturated rings. The monoisotopic (exact) mass is 441 g/mol. The summed E-state index contributed by atoms with van der Waals surface area (Å²) in [7, 11) is 5.37. The van der Waals surface area contributed by atoms with E-state index in [-0.39, 0.29) is 22.6 Å². The number of Topliss-reactive ketones (excluding diaryl/α,β-unsaturated/α-hetero) is 1. The molecule has 1 atom stereocenters. The van der Waals surface area contributed by atoms with Crippen molar-refractivity contribution in [2.45, 2.75) is 18.4 Å². The van der Waals surface area contributed by atoms with Gasteiger partial charge >= 0.3 is 12.1 Å². The maximum atomic E-state index is 13.3. The van der Waals surface area contributed by atoms with E-state index in [2.05, 4.69) is 0 Å². The van der Waals surface area contributed by atoms with Gasteiger partial charge in [-0.3, -0.25) is 9.59 Å². The van der Waals surface area contributed by atoms with E-state index in [1.807, 2.05) is 0 Å². The van der Waals surface area contributed by atoms with Crippen LogP contribution in [0.3, 0.4) is 0 Å². The molecule has 1 amide bonds. The molecule has 10 heteroatoms. The summed E-state index contributed by atoms with van der Waals surface area (Å²) in [5.74, 6) is -3.18. The third-order valence-electron chi connectivity index (χ3n) is 4.49. The first-order valence-electron chi connectivity index (χ1n) is 8.96. The Morgan fingerprint density at radius 3 is 1.90 bits per heavy atom. The summed E-state index contributed by atoms with van der Waals surface area (Å²) in [6.07, 6.45) is -6.28. The van der Waals surface area contributed by atoms with Gasteiger partial charge in [0, 0.05) is 31.5 Å². The van der Waals surface area contributed by atoms with Crippen LogP contribution in [0.1, 0.15) is 21.8 Å². The molecule has 31 heavy (non-hydrogen) atoms.